The van der Waals surface area contributed by atoms with E-state index in [0.717, 1.165) is 12.2 Å². The van der Waals surface area contributed by atoms with Crippen LogP contribution in [0.3, 0.4) is 0 Å². The second-order valence-electron chi connectivity index (χ2n) is 4.20. The summed E-state index contributed by atoms with van der Waals surface area (Å²) in [6.07, 6.45) is 1.59. The van der Waals surface area contributed by atoms with Crippen LogP contribution in [0.2, 0.25) is 0 Å². The third-order valence-electron chi connectivity index (χ3n) is 2.70. The highest BCUT2D eigenvalue weighted by molar-refractivity contribution is 6.67. The van der Waals surface area contributed by atoms with Gasteiger partial charge in [0.2, 0.25) is 11.6 Å². The molecule has 0 aliphatic carbocycles. The van der Waals surface area contributed by atoms with Crippen molar-refractivity contribution in [3.8, 4) is 11.1 Å². The molecule has 0 saturated carbocycles. The first-order valence-corrected chi connectivity index (χ1v) is 6.58. The molecule has 0 unspecified atom stereocenters. The van der Waals surface area contributed by atoms with Crippen LogP contribution in [0.25, 0.3) is 11.1 Å². The maximum atomic E-state index is 10.5. The van der Waals surface area contributed by atoms with Crippen LogP contribution in [-0.2, 0) is 14.4 Å². The standard InChI is InChI=1S/C12H10.C7H6O3.11H3N/c1-3-7-11(8-4-1)12-9-5-2-6-10-12;1-3-5(8)7(10)6(9)4-2;;;;;;;;;;;/h1-10H;3-4H,1-2H2;11*1H3. The molecule has 0 radical (unpaired) electrons. The van der Waals surface area contributed by atoms with Gasteiger partial charge in [-0.15, -0.1) is 0 Å². The van der Waals surface area contributed by atoms with Crippen LogP contribution in [0.4, 0.5) is 0 Å². The molecule has 2 rings (SSSR count). The number of carbonyl (C=O) groups excluding carboxylic acids is 3. The van der Waals surface area contributed by atoms with Crippen molar-refractivity contribution in [1.29, 1.82) is 0 Å². The van der Waals surface area contributed by atoms with E-state index >= 15 is 0 Å². The quantitative estimate of drug-likeness (QED) is 0.149. The van der Waals surface area contributed by atoms with Crippen LogP contribution in [0.1, 0.15) is 0 Å². The summed E-state index contributed by atoms with van der Waals surface area (Å²) >= 11 is 0. The van der Waals surface area contributed by atoms with Crippen LogP contribution in [0, 0.1) is 0 Å². The molecule has 0 aliphatic heterocycles. The molecule has 33 N–H and O–H groups in total. The number of carbonyl (C=O) groups is 3. The average molecular weight is 480 g/mol. The Balaban J connectivity index is -0.0000000247. The van der Waals surface area contributed by atoms with Crippen LogP contribution in [0.5, 0.6) is 0 Å². The predicted molar refractivity (Wildman–Crippen MR) is 143 cm³/mol. The molecule has 33 heavy (non-hydrogen) atoms. The SMILES string of the molecule is C=CC(=O)C(=O)C(=O)C=C.N.N.N.N.N.N.N.N.N.N.N.c1ccc(-c2ccccc2)cc1. The molecule has 0 fully saturated rings. The normalized spacial score (nSPS) is 5.94. The number of ketones is 3. The van der Waals surface area contributed by atoms with Gasteiger partial charge in [-0.1, -0.05) is 73.8 Å². The summed E-state index contributed by atoms with van der Waals surface area (Å²) in [5.74, 6) is -2.89. The van der Waals surface area contributed by atoms with E-state index in [4.69, 9.17) is 0 Å². The van der Waals surface area contributed by atoms with Crippen molar-refractivity contribution < 1.29 is 14.4 Å². The number of rotatable bonds is 5. The molecule has 2 aromatic rings. The molecule has 0 aliphatic rings. The van der Waals surface area contributed by atoms with E-state index in [1.54, 1.807) is 0 Å². The van der Waals surface area contributed by atoms with Gasteiger partial charge in [0.25, 0.3) is 5.78 Å². The Bertz CT molecular complexity index is 641. The smallest absolute Gasteiger partial charge is 0.272 e. The molecular weight excluding hydrogens is 430 g/mol. The molecule has 0 spiro atoms. The molecule has 14 heteroatoms. The molecular formula is C19H49N11O3. The van der Waals surface area contributed by atoms with E-state index in [1.807, 2.05) is 12.1 Å². The summed E-state index contributed by atoms with van der Waals surface area (Å²) in [6.45, 7) is 6.08. The molecule has 0 heterocycles. The summed E-state index contributed by atoms with van der Waals surface area (Å²) in [7, 11) is 0. The van der Waals surface area contributed by atoms with Crippen LogP contribution < -0.4 is 67.7 Å². The zero-order valence-corrected chi connectivity index (χ0v) is 19.8. The first-order chi connectivity index (χ1) is 10.6. The van der Waals surface area contributed by atoms with Crippen molar-refractivity contribution in [2.45, 2.75) is 0 Å². The van der Waals surface area contributed by atoms with Crippen molar-refractivity contribution >= 4 is 17.3 Å². The maximum Gasteiger partial charge on any atom is 0.272 e. The first-order valence-electron chi connectivity index (χ1n) is 6.58. The number of hydrogen-bond donors (Lipinski definition) is 11. The maximum absolute atomic E-state index is 10.5. The van der Waals surface area contributed by atoms with Crippen molar-refractivity contribution in [2.75, 3.05) is 0 Å². The zero-order chi connectivity index (χ0) is 16.4. The summed E-state index contributed by atoms with van der Waals surface area (Å²) in [5.41, 5.74) is 2.55. The fourth-order valence-corrected chi connectivity index (χ4v) is 1.57. The first kappa shape index (κ1) is 70.0. The summed E-state index contributed by atoms with van der Waals surface area (Å²) in [6, 6.07) is 20.8. The Hall–Kier alpha value is -3.51. The van der Waals surface area contributed by atoms with E-state index in [1.165, 1.54) is 11.1 Å². The van der Waals surface area contributed by atoms with E-state index < -0.39 is 17.3 Å². The lowest BCUT2D eigenvalue weighted by molar-refractivity contribution is -0.140. The van der Waals surface area contributed by atoms with E-state index in [9.17, 15) is 14.4 Å². The van der Waals surface area contributed by atoms with Gasteiger partial charge < -0.3 is 67.7 Å². The largest absolute Gasteiger partial charge is 0.344 e. The lowest BCUT2D eigenvalue weighted by Gasteiger charge is -1.98. The van der Waals surface area contributed by atoms with Crippen molar-refractivity contribution in [3.05, 3.63) is 86.0 Å². The van der Waals surface area contributed by atoms with Gasteiger partial charge in [-0.25, -0.2) is 0 Å². The minimum Gasteiger partial charge on any atom is -0.344 e. The molecule has 0 saturated heterocycles. The van der Waals surface area contributed by atoms with Gasteiger partial charge in [-0.3, -0.25) is 14.4 Å². The van der Waals surface area contributed by atoms with Crippen molar-refractivity contribution in [2.24, 2.45) is 0 Å². The summed E-state index contributed by atoms with van der Waals surface area (Å²) in [4.78, 5) is 31.2. The fraction of sp³-hybridized carbons (Fsp3) is 0. The van der Waals surface area contributed by atoms with Crippen molar-refractivity contribution in [1.82, 2.24) is 67.7 Å². The Labute approximate surface area is 197 Å². The minimum absolute atomic E-state index is 0. The number of benzene rings is 2. The lowest BCUT2D eigenvalue weighted by Crippen LogP contribution is -2.19. The van der Waals surface area contributed by atoms with E-state index in [2.05, 4.69) is 61.7 Å². The third-order valence-corrected chi connectivity index (χ3v) is 2.70. The number of Topliss-reactive ketones (excluding diaryl/α,β-unsaturated/α-hetero) is 1. The second-order valence-corrected chi connectivity index (χ2v) is 4.20. The predicted octanol–water partition coefficient (Wildman–Crippen LogP) is 5.20. The van der Waals surface area contributed by atoms with Gasteiger partial charge in [0.05, 0.1) is 0 Å². The van der Waals surface area contributed by atoms with Gasteiger partial charge in [0.15, 0.2) is 0 Å². The molecule has 0 aromatic heterocycles. The molecule has 14 nitrogen and oxygen atoms in total. The highest BCUT2D eigenvalue weighted by Crippen LogP contribution is 2.17. The zero-order valence-electron chi connectivity index (χ0n) is 19.8. The summed E-state index contributed by atoms with van der Waals surface area (Å²) < 4.78 is 0. The fourth-order valence-electron chi connectivity index (χ4n) is 1.57. The van der Waals surface area contributed by atoms with Gasteiger partial charge >= 0.3 is 0 Å². The number of hydrogen-bond acceptors (Lipinski definition) is 14. The minimum atomic E-state index is -1.09. The Morgan fingerprint density at radius 3 is 0.848 bits per heavy atom. The van der Waals surface area contributed by atoms with Gasteiger partial charge in [0, 0.05) is 0 Å². The van der Waals surface area contributed by atoms with Crippen molar-refractivity contribution in [3.63, 3.8) is 0 Å². The van der Waals surface area contributed by atoms with E-state index in [-0.39, 0.29) is 67.7 Å². The molecule has 198 valence electrons. The van der Waals surface area contributed by atoms with Crippen LogP contribution in [0.15, 0.2) is 86.0 Å². The summed E-state index contributed by atoms with van der Waals surface area (Å²) in [5, 5.41) is 0. The van der Waals surface area contributed by atoms with E-state index in [0.29, 0.717) is 0 Å². The third kappa shape index (κ3) is 24.6. The monoisotopic (exact) mass is 479 g/mol. The second kappa shape index (κ2) is 39.0. The Morgan fingerprint density at radius 1 is 0.455 bits per heavy atom. The molecule has 0 atom stereocenters. The lowest BCUT2D eigenvalue weighted by atomic mass is 10.1. The molecule has 0 bridgehead atoms. The van der Waals surface area contributed by atoms with Gasteiger partial charge in [0.1, 0.15) is 0 Å². The molecule has 2 aromatic carbocycles. The highest BCUT2D eigenvalue weighted by atomic mass is 16.2. The average Bonchev–Trinajstić information content (AvgIpc) is 2.61. The number of allylic oxidation sites excluding steroid dienone is 2. The van der Waals surface area contributed by atoms with Gasteiger partial charge in [-0.05, 0) is 23.3 Å². The van der Waals surface area contributed by atoms with Crippen LogP contribution in [-0.4, -0.2) is 17.3 Å². The Morgan fingerprint density at radius 2 is 0.667 bits per heavy atom. The highest BCUT2D eigenvalue weighted by Gasteiger charge is 2.15. The Kier molecular flexibility index (Phi) is 82.8. The molecule has 0 amide bonds. The van der Waals surface area contributed by atoms with Crippen LogP contribution >= 0.6 is 0 Å². The van der Waals surface area contributed by atoms with Gasteiger partial charge in [-0.2, -0.15) is 0 Å². The topological polar surface area (TPSA) is 436 Å².